The molecule has 7 nitrogen and oxygen atoms in total. The van der Waals surface area contributed by atoms with Crippen molar-refractivity contribution in [3.63, 3.8) is 0 Å². The first kappa shape index (κ1) is 18.9. The van der Waals surface area contributed by atoms with Gasteiger partial charge in [-0.15, -0.1) is 0 Å². The molecule has 2 aromatic heterocycles. The zero-order valence-corrected chi connectivity index (χ0v) is 17.3. The minimum atomic E-state index is -0.535. The second kappa shape index (κ2) is 6.89. The predicted octanol–water partition coefficient (Wildman–Crippen LogP) is 2.90. The lowest BCUT2D eigenvalue weighted by molar-refractivity contribution is 0.0746. The minimum absolute atomic E-state index is 0.0313. The molecule has 1 aliphatic rings. The van der Waals surface area contributed by atoms with Crippen LogP contribution in [0.5, 0.6) is 5.75 Å². The van der Waals surface area contributed by atoms with Gasteiger partial charge in [0.2, 0.25) is 0 Å². The monoisotopic (exact) mass is 468 g/mol. The van der Waals surface area contributed by atoms with Gasteiger partial charge in [0.05, 0.1) is 24.2 Å². The van der Waals surface area contributed by atoms with Crippen LogP contribution in [0, 0.1) is 5.82 Å². The Morgan fingerprint density at radius 2 is 2.07 bits per heavy atom. The van der Waals surface area contributed by atoms with Crippen LogP contribution in [0.2, 0.25) is 5.02 Å². The standard InChI is InChI=1S/C18H15BrClFN4O3/c1-23-5-6-24-13-12(15(28-2)14(24)18(23)27)17(26)25(22-16(13)19)8-9-3-4-11(21)10(20)7-9/h3-4,7H,5-6,8H2,1-2H3. The number of methoxy groups -OCH3 is 1. The normalized spacial score (nSPS) is 13.9. The molecule has 3 aromatic rings. The third-order valence-corrected chi connectivity index (χ3v) is 5.62. The molecule has 4 rings (SSSR count). The Balaban J connectivity index is 1.94. The van der Waals surface area contributed by atoms with Gasteiger partial charge in [-0.25, -0.2) is 9.07 Å². The van der Waals surface area contributed by atoms with Crippen LogP contribution < -0.4 is 10.3 Å². The molecule has 146 valence electrons. The van der Waals surface area contributed by atoms with E-state index in [1.807, 2.05) is 0 Å². The van der Waals surface area contributed by atoms with Gasteiger partial charge in [-0.2, -0.15) is 5.10 Å². The molecule has 1 aliphatic heterocycles. The summed E-state index contributed by atoms with van der Waals surface area (Å²) >= 11 is 9.25. The molecule has 0 bridgehead atoms. The fraction of sp³-hybridized carbons (Fsp3) is 0.278. The van der Waals surface area contributed by atoms with Crippen LogP contribution in [0.25, 0.3) is 10.9 Å². The summed E-state index contributed by atoms with van der Waals surface area (Å²) < 4.78 is 22.3. The van der Waals surface area contributed by atoms with Gasteiger partial charge in [-0.1, -0.05) is 17.7 Å². The summed E-state index contributed by atoms with van der Waals surface area (Å²) in [6.45, 7) is 1.13. The van der Waals surface area contributed by atoms with Crippen molar-refractivity contribution in [2.24, 2.45) is 0 Å². The van der Waals surface area contributed by atoms with E-state index in [4.69, 9.17) is 16.3 Å². The fourth-order valence-corrected chi connectivity index (χ4v) is 4.23. The second-order valence-electron chi connectivity index (χ2n) is 6.49. The highest BCUT2D eigenvalue weighted by molar-refractivity contribution is 9.10. The van der Waals surface area contributed by atoms with Crippen LogP contribution in [0.4, 0.5) is 4.39 Å². The lowest BCUT2D eigenvalue weighted by atomic mass is 10.2. The zero-order valence-electron chi connectivity index (χ0n) is 15.0. The largest absolute Gasteiger partial charge is 0.493 e. The number of hydrogen-bond acceptors (Lipinski definition) is 4. The first-order valence-corrected chi connectivity index (χ1v) is 9.56. The molecule has 28 heavy (non-hydrogen) atoms. The molecule has 0 spiro atoms. The van der Waals surface area contributed by atoms with E-state index >= 15 is 0 Å². The van der Waals surface area contributed by atoms with Crippen molar-refractivity contribution in [2.75, 3.05) is 20.7 Å². The van der Waals surface area contributed by atoms with E-state index < -0.39 is 11.4 Å². The second-order valence-corrected chi connectivity index (χ2v) is 7.64. The molecule has 1 aromatic carbocycles. The number of benzene rings is 1. The Hall–Kier alpha value is -2.39. The van der Waals surface area contributed by atoms with Crippen LogP contribution >= 0.6 is 27.5 Å². The molecule has 0 saturated heterocycles. The summed E-state index contributed by atoms with van der Waals surface area (Å²) in [6.07, 6.45) is 0. The third kappa shape index (κ3) is 2.80. The number of carbonyl (C=O) groups is 1. The Labute approximate surface area is 172 Å². The molecular formula is C18H15BrClFN4O3. The third-order valence-electron chi connectivity index (χ3n) is 4.80. The molecule has 0 atom stereocenters. The summed E-state index contributed by atoms with van der Waals surface area (Å²) in [6, 6.07) is 4.22. The summed E-state index contributed by atoms with van der Waals surface area (Å²) in [7, 11) is 3.13. The van der Waals surface area contributed by atoms with E-state index in [1.165, 1.54) is 30.0 Å². The molecule has 0 unspecified atom stereocenters. The van der Waals surface area contributed by atoms with Crippen molar-refractivity contribution in [1.82, 2.24) is 19.2 Å². The number of carbonyl (C=O) groups excluding carboxylic acids is 1. The van der Waals surface area contributed by atoms with Crippen LogP contribution in [0.1, 0.15) is 16.1 Å². The van der Waals surface area contributed by atoms with E-state index in [9.17, 15) is 14.0 Å². The quantitative estimate of drug-likeness (QED) is 0.591. The van der Waals surface area contributed by atoms with Crippen LogP contribution in [0.15, 0.2) is 27.6 Å². The highest BCUT2D eigenvalue weighted by Gasteiger charge is 2.33. The number of rotatable bonds is 3. The van der Waals surface area contributed by atoms with Crippen molar-refractivity contribution in [1.29, 1.82) is 0 Å². The molecule has 0 fully saturated rings. The maximum absolute atomic E-state index is 13.4. The van der Waals surface area contributed by atoms with Crippen molar-refractivity contribution < 1.29 is 13.9 Å². The van der Waals surface area contributed by atoms with Gasteiger partial charge < -0.3 is 14.2 Å². The van der Waals surface area contributed by atoms with Crippen molar-refractivity contribution >= 4 is 44.3 Å². The van der Waals surface area contributed by atoms with Gasteiger partial charge in [0.25, 0.3) is 11.5 Å². The lowest BCUT2D eigenvalue weighted by Gasteiger charge is -2.25. The first-order valence-electron chi connectivity index (χ1n) is 8.39. The molecule has 1 amide bonds. The van der Waals surface area contributed by atoms with E-state index in [0.717, 1.165) is 0 Å². The van der Waals surface area contributed by atoms with Crippen LogP contribution in [-0.4, -0.2) is 45.9 Å². The number of amides is 1. The van der Waals surface area contributed by atoms with Gasteiger partial charge >= 0.3 is 0 Å². The maximum Gasteiger partial charge on any atom is 0.280 e. The lowest BCUT2D eigenvalue weighted by Crippen LogP contribution is -2.37. The number of halogens is 3. The van der Waals surface area contributed by atoms with Crippen molar-refractivity contribution in [3.8, 4) is 5.75 Å². The number of ether oxygens (including phenoxy) is 1. The average Bonchev–Trinajstić information content (AvgIpc) is 3.01. The molecular weight excluding hydrogens is 455 g/mol. The summed E-state index contributed by atoms with van der Waals surface area (Å²) in [5, 5.41) is 4.57. The number of fused-ring (bicyclic) bond motifs is 3. The molecule has 0 aliphatic carbocycles. The highest BCUT2D eigenvalue weighted by atomic mass is 79.9. The van der Waals surface area contributed by atoms with E-state index in [-0.39, 0.29) is 28.6 Å². The molecule has 3 heterocycles. The fourth-order valence-electron chi connectivity index (χ4n) is 3.42. The van der Waals surface area contributed by atoms with Gasteiger partial charge in [-0.3, -0.25) is 9.59 Å². The molecule has 0 N–H and O–H groups in total. The molecule has 0 saturated carbocycles. The molecule has 0 radical (unpaired) electrons. The van der Waals surface area contributed by atoms with Crippen LogP contribution in [0.3, 0.4) is 0 Å². The van der Waals surface area contributed by atoms with Crippen molar-refractivity contribution in [2.45, 2.75) is 13.1 Å². The van der Waals surface area contributed by atoms with E-state index in [1.54, 1.807) is 16.5 Å². The van der Waals surface area contributed by atoms with Gasteiger partial charge in [0, 0.05) is 20.1 Å². The Morgan fingerprint density at radius 3 is 2.75 bits per heavy atom. The SMILES string of the molecule is COc1c2n(c3c(Br)nn(Cc4ccc(F)c(Cl)c4)c(=O)c13)CCN(C)C2=O. The average molecular weight is 470 g/mol. The molecule has 10 heteroatoms. The zero-order chi connectivity index (χ0) is 20.2. The minimum Gasteiger partial charge on any atom is -0.493 e. The number of aromatic nitrogens is 3. The van der Waals surface area contributed by atoms with Crippen LogP contribution in [-0.2, 0) is 13.1 Å². The number of nitrogens with zero attached hydrogens (tertiary/aromatic N) is 4. The Bertz CT molecular complexity index is 1190. The Kier molecular flexibility index (Phi) is 4.67. The summed E-state index contributed by atoms with van der Waals surface area (Å²) in [5.74, 6) is -0.528. The van der Waals surface area contributed by atoms with Gasteiger partial charge in [-0.05, 0) is 33.6 Å². The maximum atomic E-state index is 13.4. The van der Waals surface area contributed by atoms with E-state index in [2.05, 4.69) is 21.0 Å². The predicted molar refractivity (Wildman–Crippen MR) is 106 cm³/mol. The van der Waals surface area contributed by atoms with Gasteiger partial charge in [0.15, 0.2) is 16.0 Å². The topological polar surface area (TPSA) is 69.4 Å². The number of hydrogen-bond donors (Lipinski definition) is 0. The Morgan fingerprint density at radius 1 is 1.32 bits per heavy atom. The highest BCUT2D eigenvalue weighted by Crippen LogP contribution is 2.36. The van der Waals surface area contributed by atoms with E-state index in [0.29, 0.717) is 34.5 Å². The summed E-state index contributed by atoms with van der Waals surface area (Å²) in [4.78, 5) is 27.4. The smallest absolute Gasteiger partial charge is 0.280 e. The van der Waals surface area contributed by atoms with Gasteiger partial charge in [0.1, 0.15) is 11.2 Å². The number of likely N-dealkylation sites (N-methyl/N-ethyl adjacent to an activating group) is 1. The first-order chi connectivity index (χ1) is 13.3. The van der Waals surface area contributed by atoms with Crippen molar-refractivity contribution in [3.05, 3.63) is 55.3 Å². The summed E-state index contributed by atoms with van der Waals surface area (Å²) in [5.41, 5.74) is 1.05.